The summed E-state index contributed by atoms with van der Waals surface area (Å²) in [5, 5.41) is 2.65. The molecular weight excluding hydrogens is 262 g/mol. The molecule has 0 aromatic heterocycles. The second-order valence-corrected chi connectivity index (χ2v) is 4.70. The van der Waals surface area contributed by atoms with Gasteiger partial charge in [0.15, 0.2) is 0 Å². The van der Waals surface area contributed by atoms with Crippen LogP contribution in [-0.2, 0) is 14.4 Å². The van der Waals surface area contributed by atoms with Crippen LogP contribution in [0.2, 0.25) is 0 Å². The van der Waals surface area contributed by atoms with Crippen LogP contribution >= 0.6 is 15.9 Å². The number of halogens is 1. The van der Waals surface area contributed by atoms with Crippen LogP contribution in [-0.4, -0.2) is 42.2 Å². The summed E-state index contributed by atoms with van der Waals surface area (Å²) < 4.78 is 4.85. The third-order valence-corrected chi connectivity index (χ3v) is 3.85. The SMILES string of the molecule is COC(=O)[C@@H]1[C@H](CBr)ON2CCCC[C@H]12. The Balaban J connectivity index is 2.13. The monoisotopic (exact) mass is 277 g/mol. The summed E-state index contributed by atoms with van der Waals surface area (Å²) in [5.74, 6) is -0.275. The summed E-state index contributed by atoms with van der Waals surface area (Å²) in [6, 6.07) is 0.216. The number of piperidine rings is 1. The first kappa shape index (κ1) is 11.4. The lowest BCUT2D eigenvalue weighted by molar-refractivity contribution is -0.165. The van der Waals surface area contributed by atoms with Gasteiger partial charge in [-0.25, -0.2) is 0 Å². The van der Waals surface area contributed by atoms with E-state index in [0.717, 1.165) is 19.4 Å². The predicted octanol–water partition coefficient (Wildman–Crippen LogP) is 1.34. The van der Waals surface area contributed by atoms with Crippen molar-refractivity contribution in [2.75, 3.05) is 19.0 Å². The standard InChI is InChI=1S/C10H16BrNO3/c1-14-10(13)9-7-4-2-3-5-12(7)15-8(9)6-11/h7-9H,2-6H2,1H3/t7-,8+,9+/m1/s1. The molecule has 5 heteroatoms. The number of ether oxygens (including phenoxy) is 1. The topological polar surface area (TPSA) is 38.8 Å². The van der Waals surface area contributed by atoms with Crippen LogP contribution in [0.1, 0.15) is 19.3 Å². The molecule has 2 aliphatic heterocycles. The van der Waals surface area contributed by atoms with E-state index in [0.29, 0.717) is 5.33 Å². The van der Waals surface area contributed by atoms with E-state index in [1.807, 2.05) is 5.06 Å². The van der Waals surface area contributed by atoms with E-state index in [9.17, 15) is 4.79 Å². The van der Waals surface area contributed by atoms with E-state index in [-0.39, 0.29) is 24.0 Å². The minimum Gasteiger partial charge on any atom is -0.469 e. The minimum absolute atomic E-state index is 0.0689. The molecule has 0 N–H and O–H groups in total. The number of rotatable bonds is 2. The summed E-state index contributed by atoms with van der Waals surface area (Å²) >= 11 is 3.39. The molecule has 2 fully saturated rings. The molecule has 0 aromatic rings. The molecule has 0 aromatic carbocycles. The van der Waals surface area contributed by atoms with Crippen molar-refractivity contribution in [1.82, 2.24) is 5.06 Å². The molecule has 4 nitrogen and oxygen atoms in total. The Labute approximate surface area is 98.0 Å². The number of hydroxylamine groups is 2. The van der Waals surface area contributed by atoms with Gasteiger partial charge in [0.25, 0.3) is 0 Å². The van der Waals surface area contributed by atoms with Crippen LogP contribution in [0.5, 0.6) is 0 Å². The van der Waals surface area contributed by atoms with Crippen LogP contribution in [0, 0.1) is 5.92 Å². The van der Waals surface area contributed by atoms with Crippen molar-refractivity contribution in [2.45, 2.75) is 31.4 Å². The molecular formula is C10H16BrNO3. The number of hydrogen-bond donors (Lipinski definition) is 0. The molecule has 0 aliphatic carbocycles. The number of esters is 1. The Bertz CT molecular complexity index is 249. The van der Waals surface area contributed by atoms with E-state index in [2.05, 4.69) is 15.9 Å². The molecule has 2 aliphatic rings. The van der Waals surface area contributed by atoms with Crippen LogP contribution in [0.15, 0.2) is 0 Å². The van der Waals surface area contributed by atoms with Gasteiger partial charge in [0.1, 0.15) is 12.0 Å². The number of carbonyl (C=O) groups is 1. The van der Waals surface area contributed by atoms with E-state index >= 15 is 0 Å². The molecule has 0 saturated carbocycles. The van der Waals surface area contributed by atoms with Crippen molar-refractivity contribution in [2.24, 2.45) is 5.92 Å². The third-order valence-electron chi connectivity index (χ3n) is 3.21. The Morgan fingerprint density at radius 2 is 2.40 bits per heavy atom. The van der Waals surface area contributed by atoms with E-state index < -0.39 is 0 Å². The lowest BCUT2D eigenvalue weighted by Crippen LogP contribution is -2.40. The van der Waals surface area contributed by atoms with Crippen molar-refractivity contribution < 1.29 is 14.4 Å². The summed E-state index contributed by atoms with van der Waals surface area (Å²) in [4.78, 5) is 17.4. The van der Waals surface area contributed by atoms with Crippen molar-refractivity contribution >= 4 is 21.9 Å². The zero-order valence-corrected chi connectivity index (χ0v) is 10.4. The normalized spacial score (nSPS) is 36.3. The second kappa shape index (κ2) is 4.80. The van der Waals surface area contributed by atoms with Gasteiger partial charge in [0.2, 0.25) is 0 Å². The number of methoxy groups -OCH3 is 1. The van der Waals surface area contributed by atoms with Crippen LogP contribution < -0.4 is 0 Å². The first-order valence-corrected chi connectivity index (χ1v) is 6.47. The van der Waals surface area contributed by atoms with Gasteiger partial charge in [0.05, 0.1) is 13.2 Å². The second-order valence-electron chi connectivity index (χ2n) is 4.05. The molecule has 15 heavy (non-hydrogen) atoms. The third kappa shape index (κ3) is 2.05. The maximum atomic E-state index is 11.7. The highest BCUT2D eigenvalue weighted by molar-refractivity contribution is 9.09. The first-order valence-electron chi connectivity index (χ1n) is 5.35. The Morgan fingerprint density at radius 1 is 1.60 bits per heavy atom. The zero-order chi connectivity index (χ0) is 10.8. The van der Waals surface area contributed by atoms with Crippen molar-refractivity contribution in [3.63, 3.8) is 0 Å². The van der Waals surface area contributed by atoms with Gasteiger partial charge in [-0.05, 0) is 12.8 Å². The molecule has 3 atom stereocenters. The number of hydrogen-bond acceptors (Lipinski definition) is 4. The fraction of sp³-hybridized carbons (Fsp3) is 0.900. The van der Waals surface area contributed by atoms with Gasteiger partial charge in [-0.3, -0.25) is 9.63 Å². The lowest BCUT2D eigenvalue weighted by Gasteiger charge is -2.28. The molecule has 86 valence electrons. The lowest BCUT2D eigenvalue weighted by atomic mass is 9.90. The smallest absolute Gasteiger partial charge is 0.313 e. The van der Waals surface area contributed by atoms with Crippen LogP contribution in [0.3, 0.4) is 0 Å². The highest BCUT2D eigenvalue weighted by Gasteiger charge is 2.48. The van der Waals surface area contributed by atoms with E-state index in [1.165, 1.54) is 13.5 Å². The van der Waals surface area contributed by atoms with Crippen LogP contribution in [0.25, 0.3) is 0 Å². The Kier molecular flexibility index (Phi) is 3.64. The minimum atomic E-state index is -0.145. The average molecular weight is 278 g/mol. The van der Waals surface area contributed by atoms with Gasteiger partial charge in [0, 0.05) is 11.9 Å². The molecule has 0 unspecified atom stereocenters. The Morgan fingerprint density at radius 3 is 3.07 bits per heavy atom. The number of alkyl halides is 1. The summed E-state index contributed by atoms with van der Waals surface area (Å²) in [6.07, 6.45) is 3.29. The van der Waals surface area contributed by atoms with Gasteiger partial charge in [-0.1, -0.05) is 22.4 Å². The fourth-order valence-electron chi connectivity index (χ4n) is 2.48. The van der Waals surface area contributed by atoms with Gasteiger partial charge in [-0.15, -0.1) is 0 Å². The van der Waals surface area contributed by atoms with Gasteiger partial charge >= 0.3 is 5.97 Å². The predicted molar refractivity (Wildman–Crippen MR) is 58.5 cm³/mol. The number of carbonyl (C=O) groups excluding carboxylic acids is 1. The van der Waals surface area contributed by atoms with Crippen molar-refractivity contribution in [3.05, 3.63) is 0 Å². The molecule has 0 amide bonds. The summed E-state index contributed by atoms with van der Waals surface area (Å²) in [7, 11) is 1.44. The summed E-state index contributed by atoms with van der Waals surface area (Å²) in [5.41, 5.74) is 0. The quantitative estimate of drug-likeness (QED) is 0.564. The Hall–Kier alpha value is -0.130. The van der Waals surface area contributed by atoms with Crippen molar-refractivity contribution in [1.29, 1.82) is 0 Å². The zero-order valence-electron chi connectivity index (χ0n) is 8.82. The van der Waals surface area contributed by atoms with Gasteiger partial charge < -0.3 is 4.74 Å². The maximum Gasteiger partial charge on any atom is 0.313 e. The number of nitrogens with zero attached hydrogens (tertiary/aromatic N) is 1. The molecule has 0 bridgehead atoms. The molecule has 2 saturated heterocycles. The maximum absolute atomic E-state index is 11.7. The number of fused-ring (bicyclic) bond motifs is 1. The van der Waals surface area contributed by atoms with Crippen molar-refractivity contribution in [3.8, 4) is 0 Å². The largest absolute Gasteiger partial charge is 0.469 e. The first-order chi connectivity index (χ1) is 7.27. The van der Waals surface area contributed by atoms with Gasteiger partial charge in [-0.2, -0.15) is 5.06 Å². The van der Waals surface area contributed by atoms with Crippen LogP contribution in [0.4, 0.5) is 0 Å². The molecule has 0 spiro atoms. The van der Waals surface area contributed by atoms with E-state index in [1.54, 1.807) is 0 Å². The molecule has 2 rings (SSSR count). The highest BCUT2D eigenvalue weighted by atomic mass is 79.9. The highest BCUT2D eigenvalue weighted by Crippen LogP contribution is 2.35. The molecule has 0 radical (unpaired) electrons. The molecule has 2 heterocycles. The fourth-order valence-corrected chi connectivity index (χ4v) is 3.00. The summed E-state index contributed by atoms with van der Waals surface area (Å²) in [6.45, 7) is 0.932. The average Bonchev–Trinajstić information content (AvgIpc) is 2.66. The van der Waals surface area contributed by atoms with E-state index in [4.69, 9.17) is 9.57 Å².